The molecule has 0 atom stereocenters. The lowest BCUT2D eigenvalue weighted by Gasteiger charge is -2.03. The quantitative estimate of drug-likeness (QED) is 0.823. The van der Waals surface area contributed by atoms with Crippen LogP contribution in [0.15, 0.2) is 27.8 Å². The summed E-state index contributed by atoms with van der Waals surface area (Å²) in [5, 5.41) is 6.66. The standard InChI is InChI=1S/C10H12N4O2/c1-7-5-8(16-13-7)6-12-9-10(15)14(2)4-3-11-9/h3-5H,6H2,1-2H3,(H,11,12). The summed E-state index contributed by atoms with van der Waals surface area (Å²) in [7, 11) is 1.67. The van der Waals surface area contributed by atoms with Crippen molar-refractivity contribution in [3.05, 3.63) is 40.3 Å². The minimum absolute atomic E-state index is 0.168. The number of rotatable bonds is 3. The van der Waals surface area contributed by atoms with Gasteiger partial charge in [-0.3, -0.25) is 4.79 Å². The van der Waals surface area contributed by atoms with Crippen LogP contribution >= 0.6 is 0 Å². The maximum Gasteiger partial charge on any atom is 0.293 e. The average Bonchev–Trinajstić information content (AvgIpc) is 2.67. The topological polar surface area (TPSA) is 73.0 Å². The molecule has 6 nitrogen and oxygen atoms in total. The molecule has 16 heavy (non-hydrogen) atoms. The molecule has 2 heterocycles. The third-order valence-corrected chi connectivity index (χ3v) is 2.12. The van der Waals surface area contributed by atoms with E-state index in [-0.39, 0.29) is 5.56 Å². The Labute approximate surface area is 91.9 Å². The first-order valence-corrected chi connectivity index (χ1v) is 4.84. The van der Waals surface area contributed by atoms with Crippen molar-refractivity contribution in [1.29, 1.82) is 0 Å². The van der Waals surface area contributed by atoms with E-state index in [2.05, 4.69) is 15.5 Å². The third-order valence-electron chi connectivity index (χ3n) is 2.12. The van der Waals surface area contributed by atoms with Gasteiger partial charge in [0.05, 0.1) is 12.2 Å². The summed E-state index contributed by atoms with van der Waals surface area (Å²) in [4.78, 5) is 15.5. The van der Waals surface area contributed by atoms with E-state index in [0.29, 0.717) is 18.1 Å². The van der Waals surface area contributed by atoms with Crippen molar-refractivity contribution in [2.24, 2.45) is 7.05 Å². The lowest BCUT2D eigenvalue weighted by Crippen LogP contribution is -2.21. The summed E-state index contributed by atoms with van der Waals surface area (Å²) in [6.07, 6.45) is 3.17. The Hall–Kier alpha value is -2.11. The lowest BCUT2D eigenvalue weighted by atomic mass is 10.4. The summed E-state index contributed by atoms with van der Waals surface area (Å²) >= 11 is 0. The Kier molecular flexibility index (Phi) is 2.72. The number of hydrogen-bond acceptors (Lipinski definition) is 5. The van der Waals surface area contributed by atoms with Crippen molar-refractivity contribution < 1.29 is 4.52 Å². The highest BCUT2D eigenvalue weighted by molar-refractivity contribution is 5.31. The van der Waals surface area contributed by atoms with Gasteiger partial charge in [0.2, 0.25) is 0 Å². The largest absolute Gasteiger partial charge is 0.359 e. The van der Waals surface area contributed by atoms with E-state index < -0.39 is 0 Å². The molecule has 0 aromatic carbocycles. The number of anilines is 1. The number of hydrogen-bond donors (Lipinski definition) is 1. The van der Waals surface area contributed by atoms with Crippen LogP contribution < -0.4 is 10.9 Å². The molecule has 0 aliphatic heterocycles. The molecule has 0 fully saturated rings. The molecule has 0 aliphatic carbocycles. The van der Waals surface area contributed by atoms with Crippen LogP contribution in [0.1, 0.15) is 11.5 Å². The molecule has 0 radical (unpaired) electrons. The number of aryl methyl sites for hydroxylation is 2. The molecule has 2 rings (SSSR count). The van der Waals surface area contributed by atoms with E-state index in [0.717, 1.165) is 5.69 Å². The van der Waals surface area contributed by atoms with E-state index in [1.165, 1.54) is 4.57 Å². The molecule has 0 amide bonds. The van der Waals surface area contributed by atoms with Gasteiger partial charge >= 0.3 is 0 Å². The molecule has 1 N–H and O–H groups in total. The van der Waals surface area contributed by atoms with Crippen molar-refractivity contribution in [2.75, 3.05) is 5.32 Å². The summed E-state index contributed by atoms with van der Waals surface area (Å²) in [6, 6.07) is 1.81. The minimum Gasteiger partial charge on any atom is -0.359 e. The van der Waals surface area contributed by atoms with Crippen molar-refractivity contribution >= 4 is 5.82 Å². The smallest absolute Gasteiger partial charge is 0.293 e. The number of nitrogens with one attached hydrogen (secondary N) is 1. The SMILES string of the molecule is Cc1cc(CNc2nccn(C)c2=O)on1. The van der Waals surface area contributed by atoms with Gasteiger partial charge in [-0.2, -0.15) is 0 Å². The van der Waals surface area contributed by atoms with E-state index in [4.69, 9.17) is 4.52 Å². The Balaban J connectivity index is 2.11. The maximum atomic E-state index is 11.6. The predicted molar refractivity (Wildman–Crippen MR) is 58.0 cm³/mol. The fourth-order valence-electron chi connectivity index (χ4n) is 1.29. The maximum absolute atomic E-state index is 11.6. The molecule has 2 aromatic heterocycles. The molecule has 0 aliphatic rings. The van der Waals surface area contributed by atoms with Gasteiger partial charge in [0.1, 0.15) is 0 Å². The van der Waals surface area contributed by atoms with Crippen molar-refractivity contribution in [3.8, 4) is 0 Å². The second-order valence-electron chi connectivity index (χ2n) is 3.48. The highest BCUT2D eigenvalue weighted by atomic mass is 16.5. The van der Waals surface area contributed by atoms with Crippen LogP contribution in [0.25, 0.3) is 0 Å². The van der Waals surface area contributed by atoms with Gasteiger partial charge in [0.15, 0.2) is 11.6 Å². The van der Waals surface area contributed by atoms with Crippen LogP contribution in [-0.4, -0.2) is 14.7 Å². The second kappa shape index (κ2) is 4.18. The zero-order valence-electron chi connectivity index (χ0n) is 9.10. The normalized spacial score (nSPS) is 10.4. The Morgan fingerprint density at radius 3 is 3.06 bits per heavy atom. The number of aromatic nitrogens is 3. The average molecular weight is 220 g/mol. The second-order valence-corrected chi connectivity index (χ2v) is 3.48. The summed E-state index contributed by atoms with van der Waals surface area (Å²) < 4.78 is 6.47. The molecule has 0 bridgehead atoms. The molecule has 2 aromatic rings. The van der Waals surface area contributed by atoms with Gasteiger partial charge in [0, 0.05) is 25.5 Å². The molecule has 84 valence electrons. The fraction of sp³-hybridized carbons (Fsp3) is 0.300. The van der Waals surface area contributed by atoms with Crippen molar-refractivity contribution in [3.63, 3.8) is 0 Å². The summed E-state index contributed by atoms with van der Waals surface area (Å²) in [6.45, 7) is 2.24. The first-order valence-electron chi connectivity index (χ1n) is 4.84. The van der Waals surface area contributed by atoms with Crippen LogP contribution in [0.2, 0.25) is 0 Å². The zero-order chi connectivity index (χ0) is 11.5. The minimum atomic E-state index is -0.168. The highest BCUT2D eigenvalue weighted by Crippen LogP contribution is 2.03. The molecule has 6 heteroatoms. The van der Waals surface area contributed by atoms with Gasteiger partial charge in [0.25, 0.3) is 5.56 Å². The molecular formula is C10H12N4O2. The molecule has 0 spiro atoms. The highest BCUT2D eigenvalue weighted by Gasteiger charge is 2.04. The van der Waals surface area contributed by atoms with Gasteiger partial charge in [-0.25, -0.2) is 4.98 Å². The van der Waals surface area contributed by atoms with E-state index in [1.54, 1.807) is 25.5 Å². The monoisotopic (exact) mass is 220 g/mol. The zero-order valence-corrected chi connectivity index (χ0v) is 9.10. The third kappa shape index (κ3) is 2.10. The van der Waals surface area contributed by atoms with E-state index in [9.17, 15) is 4.79 Å². The van der Waals surface area contributed by atoms with Crippen LogP contribution in [0.4, 0.5) is 5.82 Å². The van der Waals surface area contributed by atoms with Crippen LogP contribution in [0.5, 0.6) is 0 Å². The summed E-state index contributed by atoms with van der Waals surface area (Å²) in [5.41, 5.74) is 0.643. The first kappa shape index (κ1) is 10.4. The first-order chi connectivity index (χ1) is 7.66. The number of nitrogens with zero attached hydrogens (tertiary/aromatic N) is 3. The molecule has 0 unspecified atom stereocenters. The molecule has 0 saturated heterocycles. The van der Waals surface area contributed by atoms with Crippen LogP contribution in [-0.2, 0) is 13.6 Å². The van der Waals surface area contributed by atoms with Crippen LogP contribution in [0.3, 0.4) is 0 Å². The molecular weight excluding hydrogens is 208 g/mol. The van der Waals surface area contributed by atoms with Gasteiger partial charge in [-0.15, -0.1) is 0 Å². The fourth-order valence-corrected chi connectivity index (χ4v) is 1.29. The van der Waals surface area contributed by atoms with Crippen molar-refractivity contribution in [1.82, 2.24) is 14.7 Å². The predicted octanol–water partition coefficient (Wildman–Crippen LogP) is 0.689. The van der Waals surface area contributed by atoms with Gasteiger partial charge < -0.3 is 14.4 Å². The van der Waals surface area contributed by atoms with Gasteiger partial charge in [-0.05, 0) is 6.92 Å². The summed E-state index contributed by atoms with van der Waals surface area (Å²) in [5.74, 6) is 0.976. The van der Waals surface area contributed by atoms with Gasteiger partial charge in [-0.1, -0.05) is 5.16 Å². The van der Waals surface area contributed by atoms with E-state index >= 15 is 0 Å². The lowest BCUT2D eigenvalue weighted by molar-refractivity contribution is 0.384. The Morgan fingerprint density at radius 2 is 2.38 bits per heavy atom. The Morgan fingerprint density at radius 1 is 1.56 bits per heavy atom. The van der Waals surface area contributed by atoms with E-state index in [1.807, 2.05) is 6.92 Å². The van der Waals surface area contributed by atoms with Crippen LogP contribution in [0, 0.1) is 6.92 Å². The molecule has 0 saturated carbocycles. The van der Waals surface area contributed by atoms with Crippen molar-refractivity contribution in [2.45, 2.75) is 13.5 Å². The Bertz CT molecular complexity index is 544.